The number of benzene rings is 2. The molecule has 2 aromatic carbocycles. The molecule has 2 amide bonds. The first-order valence-electron chi connectivity index (χ1n) is 10.2. The van der Waals surface area contributed by atoms with Crippen LogP contribution in [0.25, 0.3) is 5.69 Å². The van der Waals surface area contributed by atoms with Crippen LogP contribution in [0.15, 0.2) is 61.2 Å². The summed E-state index contributed by atoms with van der Waals surface area (Å²) in [5, 5.41) is 7.28. The van der Waals surface area contributed by atoms with E-state index in [1.165, 1.54) is 23.9 Å². The highest BCUT2D eigenvalue weighted by molar-refractivity contribution is 5.74. The summed E-state index contributed by atoms with van der Waals surface area (Å²) in [4.78, 5) is 18.5. The zero-order valence-corrected chi connectivity index (χ0v) is 17.0. The molecular weight excluding hydrogens is 362 g/mol. The zero-order chi connectivity index (χ0) is 20.2. The van der Waals surface area contributed by atoms with Gasteiger partial charge in [0.1, 0.15) is 12.7 Å². The summed E-state index contributed by atoms with van der Waals surface area (Å²) in [7, 11) is 1.85. The molecule has 0 aliphatic heterocycles. The first-order chi connectivity index (χ1) is 14.1. The Morgan fingerprint density at radius 2 is 2.03 bits per heavy atom. The number of rotatable bonds is 5. The lowest BCUT2D eigenvalue weighted by atomic mass is 9.83. The van der Waals surface area contributed by atoms with Crippen LogP contribution in [0.5, 0.6) is 0 Å². The zero-order valence-electron chi connectivity index (χ0n) is 17.0. The molecule has 150 valence electrons. The molecule has 4 rings (SSSR count). The third-order valence-electron chi connectivity index (χ3n) is 5.95. The van der Waals surface area contributed by atoms with Crippen molar-refractivity contribution in [2.24, 2.45) is 0 Å². The van der Waals surface area contributed by atoms with Gasteiger partial charge in [0, 0.05) is 19.5 Å². The molecule has 0 radical (unpaired) electrons. The highest BCUT2D eigenvalue weighted by atomic mass is 16.2. The van der Waals surface area contributed by atoms with Gasteiger partial charge in [-0.25, -0.2) is 14.5 Å². The lowest BCUT2D eigenvalue weighted by Gasteiger charge is -2.29. The SMILES string of the molecule is CC(c1ccc(-n2cncn2)cc1)N(C)C(=O)NCC1CCCc2ccccc21. The maximum Gasteiger partial charge on any atom is 0.317 e. The summed E-state index contributed by atoms with van der Waals surface area (Å²) in [6, 6.07) is 16.6. The summed E-state index contributed by atoms with van der Waals surface area (Å²) in [5.74, 6) is 0.398. The maximum absolute atomic E-state index is 12.8. The second kappa shape index (κ2) is 8.47. The van der Waals surface area contributed by atoms with Crippen LogP contribution < -0.4 is 5.32 Å². The minimum Gasteiger partial charge on any atom is -0.337 e. The van der Waals surface area contributed by atoms with Crippen LogP contribution in [0, 0.1) is 0 Å². The molecule has 1 aliphatic rings. The summed E-state index contributed by atoms with van der Waals surface area (Å²) in [5.41, 5.74) is 4.83. The Morgan fingerprint density at radius 1 is 1.24 bits per heavy atom. The smallest absolute Gasteiger partial charge is 0.317 e. The van der Waals surface area contributed by atoms with Crippen molar-refractivity contribution in [3.63, 3.8) is 0 Å². The summed E-state index contributed by atoms with van der Waals surface area (Å²) >= 11 is 0. The van der Waals surface area contributed by atoms with Crippen molar-refractivity contribution in [2.75, 3.05) is 13.6 Å². The Bertz CT molecular complexity index is 952. The van der Waals surface area contributed by atoms with Gasteiger partial charge in [-0.05, 0) is 55.0 Å². The van der Waals surface area contributed by atoms with Gasteiger partial charge >= 0.3 is 6.03 Å². The van der Waals surface area contributed by atoms with Gasteiger partial charge in [0.05, 0.1) is 11.7 Å². The largest absolute Gasteiger partial charge is 0.337 e. The molecule has 6 heteroatoms. The monoisotopic (exact) mass is 389 g/mol. The van der Waals surface area contributed by atoms with Crippen molar-refractivity contribution in [2.45, 2.75) is 38.1 Å². The second-order valence-electron chi connectivity index (χ2n) is 7.69. The highest BCUT2D eigenvalue weighted by Gasteiger charge is 2.22. The van der Waals surface area contributed by atoms with Gasteiger partial charge in [-0.1, -0.05) is 36.4 Å². The molecule has 2 atom stereocenters. The summed E-state index contributed by atoms with van der Waals surface area (Å²) < 4.78 is 1.72. The number of nitrogens with zero attached hydrogens (tertiary/aromatic N) is 4. The number of urea groups is 1. The van der Waals surface area contributed by atoms with E-state index in [4.69, 9.17) is 0 Å². The van der Waals surface area contributed by atoms with Crippen molar-refractivity contribution < 1.29 is 4.79 Å². The number of nitrogens with one attached hydrogen (secondary N) is 1. The molecule has 3 aromatic rings. The Labute approximate surface area is 171 Å². The Morgan fingerprint density at radius 3 is 2.79 bits per heavy atom. The minimum atomic E-state index is -0.0408. The van der Waals surface area contributed by atoms with E-state index >= 15 is 0 Å². The van der Waals surface area contributed by atoms with E-state index in [2.05, 4.69) is 39.7 Å². The maximum atomic E-state index is 12.8. The van der Waals surface area contributed by atoms with Gasteiger partial charge in [-0.15, -0.1) is 0 Å². The van der Waals surface area contributed by atoms with Gasteiger partial charge in [0.2, 0.25) is 0 Å². The number of aromatic nitrogens is 3. The van der Waals surface area contributed by atoms with Crippen molar-refractivity contribution in [1.29, 1.82) is 0 Å². The van der Waals surface area contributed by atoms with Crippen LogP contribution in [-0.4, -0.2) is 39.3 Å². The fourth-order valence-corrected chi connectivity index (χ4v) is 4.05. The van der Waals surface area contributed by atoms with Gasteiger partial charge in [-0.2, -0.15) is 5.10 Å². The third-order valence-corrected chi connectivity index (χ3v) is 5.95. The van der Waals surface area contributed by atoms with E-state index in [9.17, 15) is 4.79 Å². The van der Waals surface area contributed by atoms with Crippen LogP contribution in [0.2, 0.25) is 0 Å². The van der Waals surface area contributed by atoms with Crippen molar-refractivity contribution in [3.8, 4) is 5.69 Å². The molecule has 1 heterocycles. The lowest BCUT2D eigenvalue weighted by Crippen LogP contribution is -2.40. The van der Waals surface area contributed by atoms with Gasteiger partial charge in [0.25, 0.3) is 0 Å². The number of hydrogen-bond acceptors (Lipinski definition) is 3. The third kappa shape index (κ3) is 4.16. The minimum absolute atomic E-state index is 0.0292. The fourth-order valence-electron chi connectivity index (χ4n) is 4.05. The molecule has 0 saturated carbocycles. The van der Waals surface area contributed by atoms with E-state index in [0.29, 0.717) is 12.5 Å². The number of carbonyl (C=O) groups is 1. The summed E-state index contributed by atoms with van der Waals surface area (Å²) in [6.07, 6.45) is 6.63. The quantitative estimate of drug-likeness (QED) is 0.715. The summed E-state index contributed by atoms with van der Waals surface area (Å²) in [6.45, 7) is 2.72. The fraction of sp³-hybridized carbons (Fsp3) is 0.348. The van der Waals surface area contributed by atoms with Crippen LogP contribution in [0.3, 0.4) is 0 Å². The lowest BCUT2D eigenvalue weighted by molar-refractivity contribution is 0.193. The molecule has 1 N–H and O–H groups in total. The average Bonchev–Trinajstić information content (AvgIpc) is 3.31. The molecule has 1 aliphatic carbocycles. The van der Waals surface area contributed by atoms with Crippen LogP contribution in [-0.2, 0) is 6.42 Å². The molecule has 0 bridgehead atoms. The predicted molar refractivity (Wildman–Crippen MR) is 113 cm³/mol. The molecule has 0 saturated heterocycles. The molecule has 6 nitrogen and oxygen atoms in total. The topological polar surface area (TPSA) is 63.1 Å². The average molecular weight is 390 g/mol. The number of amides is 2. The molecule has 0 spiro atoms. The molecule has 1 aromatic heterocycles. The van der Waals surface area contributed by atoms with Gasteiger partial charge in [0.15, 0.2) is 0 Å². The van der Waals surface area contributed by atoms with E-state index in [1.807, 2.05) is 38.2 Å². The first-order valence-corrected chi connectivity index (χ1v) is 10.2. The number of fused-ring (bicyclic) bond motifs is 1. The van der Waals surface area contributed by atoms with Gasteiger partial charge in [-0.3, -0.25) is 0 Å². The van der Waals surface area contributed by atoms with Crippen LogP contribution in [0.1, 0.15) is 48.4 Å². The molecular formula is C23H27N5O. The number of hydrogen-bond donors (Lipinski definition) is 1. The van der Waals surface area contributed by atoms with E-state index < -0.39 is 0 Å². The Balaban J connectivity index is 1.37. The normalized spacial score (nSPS) is 16.7. The standard InChI is InChI=1S/C23H27N5O/c1-17(18-10-12-21(13-11-18)28-16-24-15-26-28)27(2)23(29)25-14-20-8-5-7-19-6-3-4-9-22(19)20/h3-4,6,9-13,15-17,20H,5,7-8,14H2,1-2H3,(H,25,29). The van der Waals surface area contributed by atoms with E-state index in [-0.39, 0.29) is 12.1 Å². The van der Waals surface area contributed by atoms with Crippen molar-refractivity contribution in [1.82, 2.24) is 25.0 Å². The highest BCUT2D eigenvalue weighted by Crippen LogP contribution is 2.31. The molecule has 2 unspecified atom stereocenters. The second-order valence-corrected chi connectivity index (χ2v) is 7.69. The van der Waals surface area contributed by atoms with Crippen molar-refractivity contribution >= 4 is 6.03 Å². The van der Waals surface area contributed by atoms with Crippen LogP contribution in [0.4, 0.5) is 4.79 Å². The molecule has 29 heavy (non-hydrogen) atoms. The Kier molecular flexibility index (Phi) is 5.60. The van der Waals surface area contributed by atoms with E-state index in [0.717, 1.165) is 24.1 Å². The number of carbonyl (C=O) groups excluding carboxylic acids is 1. The van der Waals surface area contributed by atoms with E-state index in [1.54, 1.807) is 15.9 Å². The van der Waals surface area contributed by atoms with Crippen LogP contribution >= 0.6 is 0 Å². The predicted octanol–water partition coefficient (Wildman–Crippen LogP) is 4.09. The Hall–Kier alpha value is -3.15. The van der Waals surface area contributed by atoms with Gasteiger partial charge < -0.3 is 10.2 Å². The van der Waals surface area contributed by atoms with Crippen molar-refractivity contribution in [3.05, 3.63) is 77.9 Å². The first kappa shape index (κ1) is 19.2. The molecule has 0 fully saturated rings. The number of aryl methyl sites for hydroxylation is 1.